The predicted molar refractivity (Wildman–Crippen MR) is 108 cm³/mol. The molecule has 0 spiro atoms. The van der Waals surface area contributed by atoms with Gasteiger partial charge in [-0.2, -0.15) is 0 Å². The summed E-state index contributed by atoms with van der Waals surface area (Å²) in [4.78, 5) is 23.2. The van der Waals surface area contributed by atoms with Gasteiger partial charge in [0.05, 0.1) is 6.42 Å². The quantitative estimate of drug-likeness (QED) is 0.356. The molecule has 0 heterocycles. The van der Waals surface area contributed by atoms with E-state index in [1.165, 1.54) is 24.3 Å². The lowest BCUT2D eigenvalue weighted by atomic mass is 9.87. The minimum Gasteiger partial charge on any atom is -0.481 e. The Morgan fingerprint density at radius 3 is 2.29 bits per heavy atom. The molecule has 150 valence electrons. The van der Waals surface area contributed by atoms with Crippen LogP contribution in [0.4, 0.5) is 4.39 Å². The minimum atomic E-state index is -1.47. The van der Waals surface area contributed by atoms with Crippen LogP contribution in [-0.4, -0.2) is 35.1 Å². The van der Waals surface area contributed by atoms with Gasteiger partial charge in [-0.15, -0.1) is 0 Å². The van der Waals surface area contributed by atoms with E-state index in [4.69, 9.17) is 5.11 Å². The van der Waals surface area contributed by atoms with Gasteiger partial charge in [-0.25, -0.2) is 4.39 Å². The number of nitrogens with one attached hydrogen (secondary N) is 1. The van der Waals surface area contributed by atoms with Crippen molar-refractivity contribution in [3.05, 3.63) is 69.9 Å². The minimum absolute atomic E-state index is 0.0564. The van der Waals surface area contributed by atoms with E-state index in [0.717, 1.165) is 4.47 Å². The van der Waals surface area contributed by atoms with Gasteiger partial charge in [0.2, 0.25) is 0 Å². The third-order valence-electron chi connectivity index (χ3n) is 4.46. The van der Waals surface area contributed by atoms with Crippen LogP contribution in [-0.2, 0) is 10.4 Å². The highest BCUT2D eigenvalue weighted by Crippen LogP contribution is 2.29. The summed E-state index contributed by atoms with van der Waals surface area (Å²) in [5, 5.41) is 23.1. The molecule has 2 rings (SSSR count). The van der Waals surface area contributed by atoms with Gasteiger partial charge in [0.15, 0.2) is 5.78 Å². The van der Waals surface area contributed by atoms with Gasteiger partial charge in [-0.1, -0.05) is 28.1 Å². The molecule has 0 fully saturated rings. The first kappa shape index (κ1) is 22.2. The number of aliphatic hydroxyl groups is 1. The Morgan fingerprint density at radius 1 is 1.04 bits per heavy atom. The maximum atomic E-state index is 12.9. The number of carbonyl (C=O) groups is 2. The lowest BCUT2D eigenvalue weighted by Gasteiger charge is -2.27. The van der Waals surface area contributed by atoms with Crippen molar-refractivity contribution in [1.82, 2.24) is 5.32 Å². The number of carbonyl (C=O) groups excluding carboxylic acids is 1. The first-order valence-corrected chi connectivity index (χ1v) is 9.79. The third-order valence-corrected chi connectivity index (χ3v) is 4.99. The van der Waals surface area contributed by atoms with Crippen molar-refractivity contribution in [2.45, 2.75) is 31.3 Å². The Balaban J connectivity index is 1.79. The summed E-state index contributed by atoms with van der Waals surface area (Å²) in [6.07, 6.45) is 0.753. The number of hydrogen-bond donors (Lipinski definition) is 3. The summed E-state index contributed by atoms with van der Waals surface area (Å²) >= 11 is 3.32. The first-order chi connectivity index (χ1) is 13.3. The molecule has 28 heavy (non-hydrogen) atoms. The van der Waals surface area contributed by atoms with Crippen molar-refractivity contribution >= 4 is 27.7 Å². The summed E-state index contributed by atoms with van der Waals surface area (Å²) in [7, 11) is 0. The van der Waals surface area contributed by atoms with Crippen LogP contribution in [0, 0.1) is 5.82 Å². The number of benzene rings is 2. The van der Waals surface area contributed by atoms with Crippen molar-refractivity contribution in [3.63, 3.8) is 0 Å². The predicted octanol–water partition coefficient (Wildman–Crippen LogP) is 3.89. The molecule has 0 aromatic heterocycles. The molecule has 0 saturated heterocycles. The van der Waals surface area contributed by atoms with Crippen molar-refractivity contribution < 1.29 is 24.2 Å². The summed E-state index contributed by atoms with van der Waals surface area (Å²) in [5.41, 5.74) is -0.442. The fourth-order valence-corrected chi connectivity index (χ4v) is 3.18. The van der Waals surface area contributed by atoms with E-state index in [1.54, 1.807) is 24.3 Å². The van der Waals surface area contributed by atoms with E-state index < -0.39 is 11.6 Å². The van der Waals surface area contributed by atoms with E-state index in [-0.39, 0.29) is 24.4 Å². The van der Waals surface area contributed by atoms with Gasteiger partial charge in [0, 0.05) is 16.5 Å². The van der Waals surface area contributed by atoms with Crippen LogP contribution in [0.25, 0.3) is 0 Å². The van der Waals surface area contributed by atoms with Crippen LogP contribution in [0.3, 0.4) is 0 Å². The summed E-state index contributed by atoms with van der Waals surface area (Å²) < 4.78 is 13.7. The molecule has 0 amide bonds. The Morgan fingerprint density at radius 2 is 1.68 bits per heavy atom. The molecule has 0 bridgehead atoms. The summed E-state index contributed by atoms with van der Waals surface area (Å²) in [5.74, 6) is -1.51. The van der Waals surface area contributed by atoms with E-state index in [2.05, 4.69) is 21.2 Å². The van der Waals surface area contributed by atoms with Gasteiger partial charge in [-0.05, 0) is 67.9 Å². The second-order valence-electron chi connectivity index (χ2n) is 6.64. The normalized spacial score (nSPS) is 13.1. The average Bonchev–Trinajstić information content (AvgIpc) is 2.65. The number of carboxylic acid groups (broad SMARTS) is 1. The fraction of sp³-hybridized carbons (Fsp3) is 0.333. The molecule has 0 aliphatic heterocycles. The highest BCUT2D eigenvalue weighted by molar-refractivity contribution is 9.10. The van der Waals surface area contributed by atoms with Crippen molar-refractivity contribution in [2.75, 3.05) is 13.1 Å². The molecule has 1 atom stereocenters. The molecule has 0 saturated carbocycles. The molecule has 1 unspecified atom stereocenters. The number of hydrogen-bond acceptors (Lipinski definition) is 4. The number of Topliss-reactive ketones (excluding diaryl/α,β-unsaturated/α-hetero) is 1. The van der Waals surface area contributed by atoms with Crippen molar-refractivity contribution in [2.24, 2.45) is 0 Å². The summed E-state index contributed by atoms with van der Waals surface area (Å²) in [6, 6.07) is 12.4. The molecule has 2 aromatic carbocycles. The van der Waals surface area contributed by atoms with Crippen LogP contribution in [0.15, 0.2) is 53.0 Å². The molecule has 0 aliphatic rings. The topological polar surface area (TPSA) is 86.6 Å². The number of aliphatic carboxylic acids is 1. The number of halogens is 2. The molecular weight excluding hydrogens is 429 g/mol. The van der Waals surface area contributed by atoms with Crippen LogP contribution in [0.5, 0.6) is 0 Å². The van der Waals surface area contributed by atoms with E-state index in [1.807, 2.05) is 0 Å². The molecule has 0 aliphatic carbocycles. The van der Waals surface area contributed by atoms with E-state index >= 15 is 0 Å². The smallest absolute Gasteiger partial charge is 0.306 e. The second-order valence-corrected chi connectivity index (χ2v) is 7.56. The van der Waals surface area contributed by atoms with Gasteiger partial charge >= 0.3 is 5.97 Å². The fourth-order valence-electron chi connectivity index (χ4n) is 2.92. The van der Waals surface area contributed by atoms with Crippen molar-refractivity contribution in [3.8, 4) is 0 Å². The van der Waals surface area contributed by atoms with Gasteiger partial charge in [0.25, 0.3) is 0 Å². The second kappa shape index (κ2) is 10.5. The van der Waals surface area contributed by atoms with Crippen LogP contribution in [0.1, 0.15) is 41.6 Å². The largest absolute Gasteiger partial charge is 0.481 e. The van der Waals surface area contributed by atoms with Gasteiger partial charge in [-0.3, -0.25) is 9.59 Å². The Labute approximate surface area is 171 Å². The highest BCUT2D eigenvalue weighted by Gasteiger charge is 2.31. The van der Waals surface area contributed by atoms with Crippen LogP contribution >= 0.6 is 15.9 Å². The Bertz CT molecular complexity index is 795. The number of ketones is 1. The molecule has 3 N–H and O–H groups in total. The van der Waals surface area contributed by atoms with Crippen LogP contribution in [0.2, 0.25) is 0 Å². The van der Waals surface area contributed by atoms with E-state index in [9.17, 15) is 19.1 Å². The van der Waals surface area contributed by atoms with E-state index in [0.29, 0.717) is 37.1 Å². The Kier molecular flexibility index (Phi) is 8.29. The monoisotopic (exact) mass is 451 g/mol. The maximum absolute atomic E-state index is 12.9. The zero-order valence-electron chi connectivity index (χ0n) is 15.3. The summed E-state index contributed by atoms with van der Waals surface area (Å²) in [6.45, 7) is 0.959. The third kappa shape index (κ3) is 6.82. The zero-order chi connectivity index (χ0) is 20.6. The lowest BCUT2D eigenvalue weighted by Crippen LogP contribution is -2.33. The van der Waals surface area contributed by atoms with Crippen LogP contribution < -0.4 is 5.32 Å². The SMILES string of the molecule is O=C(O)CC(O)(CCNCCCC(=O)c1ccc(F)cc1)c1ccc(Br)cc1. The first-order valence-electron chi connectivity index (χ1n) is 9.00. The molecule has 0 radical (unpaired) electrons. The van der Waals surface area contributed by atoms with Crippen molar-refractivity contribution in [1.29, 1.82) is 0 Å². The maximum Gasteiger partial charge on any atom is 0.306 e. The average molecular weight is 452 g/mol. The molecular formula is C21H23BrFNO4. The molecule has 7 heteroatoms. The molecule has 5 nitrogen and oxygen atoms in total. The number of rotatable bonds is 11. The Hall–Kier alpha value is -2.09. The zero-order valence-corrected chi connectivity index (χ0v) is 16.9. The molecule has 2 aromatic rings. The highest BCUT2D eigenvalue weighted by atomic mass is 79.9. The lowest BCUT2D eigenvalue weighted by molar-refractivity contribution is -0.143. The van der Waals surface area contributed by atoms with Gasteiger partial charge in [0.1, 0.15) is 11.4 Å². The number of carboxylic acids is 1. The van der Waals surface area contributed by atoms with Gasteiger partial charge < -0.3 is 15.5 Å². The standard InChI is InChI=1S/C21H23BrFNO4/c22-17-7-5-16(6-8-17)21(28,14-20(26)27)11-13-24-12-1-2-19(25)15-3-9-18(23)10-4-15/h3-10,24,28H,1-2,11-14H2,(H,26,27).